The second-order valence-corrected chi connectivity index (χ2v) is 4.64. The van der Waals surface area contributed by atoms with E-state index in [1.54, 1.807) is 19.9 Å². The van der Waals surface area contributed by atoms with Crippen molar-refractivity contribution in [3.05, 3.63) is 46.0 Å². The van der Waals surface area contributed by atoms with Gasteiger partial charge in [0.1, 0.15) is 5.82 Å². The normalized spacial score (nSPS) is 10.5. The van der Waals surface area contributed by atoms with Crippen molar-refractivity contribution in [3.8, 4) is 0 Å². The molecule has 1 aromatic carbocycles. The molecule has 0 aliphatic heterocycles. The first-order chi connectivity index (χ1) is 8.99. The fourth-order valence-electron chi connectivity index (χ4n) is 1.78. The highest BCUT2D eigenvalue weighted by Crippen LogP contribution is 2.21. The third kappa shape index (κ3) is 2.93. The highest BCUT2D eigenvalue weighted by molar-refractivity contribution is 6.31. The van der Waals surface area contributed by atoms with Crippen LogP contribution in [0.15, 0.2) is 18.2 Å². The van der Waals surface area contributed by atoms with E-state index in [0.29, 0.717) is 11.4 Å². The number of halogens is 2. The number of hydrogen-bond acceptors (Lipinski definition) is 2. The number of benzene rings is 1. The summed E-state index contributed by atoms with van der Waals surface area (Å²) in [6.45, 7) is 3.57. The number of carbonyl (C=O) groups excluding carboxylic acids is 1. The topological polar surface area (TPSA) is 57.8 Å². The average molecular weight is 282 g/mol. The highest BCUT2D eigenvalue weighted by atomic mass is 35.5. The van der Waals surface area contributed by atoms with Crippen LogP contribution < -0.4 is 5.32 Å². The molecular formula is C13H13ClFN3O. The van der Waals surface area contributed by atoms with Gasteiger partial charge >= 0.3 is 0 Å². The van der Waals surface area contributed by atoms with Crippen LogP contribution in [0.3, 0.4) is 0 Å². The molecule has 1 amide bonds. The lowest BCUT2D eigenvalue weighted by atomic mass is 10.1. The van der Waals surface area contributed by atoms with Crippen molar-refractivity contribution in [2.45, 2.75) is 20.3 Å². The quantitative estimate of drug-likeness (QED) is 0.909. The number of nitrogens with zero attached hydrogens (tertiary/aromatic N) is 1. The molecule has 1 heterocycles. The second kappa shape index (κ2) is 5.40. The molecule has 0 atom stereocenters. The molecule has 0 unspecified atom stereocenters. The molecule has 100 valence electrons. The summed E-state index contributed by atoms with van der Waals surface area (Å²) in [5.41, 5.74) is 2.26. The summed E-state index contributed by atoms with van der Waals surface area (Å²) in [6, 6.07) is 4.34. The predicted molar refractivity (Wildman–Crippen MR) is 71.8 cm³/mol. The summed E-state index contributed by atoms with van der Waals surface area (Å²) in [5, 5.41) is 9.69. The van der Waals surface area contributed by atoms with Gasteiger partial charge in [0.25, 0.3) is 0 Å². The zero-order valence-corrected chi connectivity index (χ0v) is 11.3. The molecule has 0 fully saturated rings. The minimum Gasteiger partial charge on any atom is -0.323 e. The first-order valence-corrected chi connectivity index (χ1v) is 6.11. The number of aromatic nitrogens is 2. The third-order valence-electron chi connectivity index (χ3n) is 2.79. The first-order valence-electron chi connectivity index (χ1n) is 5.73. The molecular weight excluding hydrogens is 269 g/mol. The summed E-state index contributed by atoms with van der Waals surface area (Å²) in [7, 11) is 0. The third-order valence-corrected chi connectivity index (χ3v) is 3.15. The fraction of sp³-hybridized carbons (Fsp3) is 0.231. The molecule has 0 saturated carbocycles. The van der Waals surface area contributed by atoms with E-state index in [-0.39, 0.29) is 22.9 Å². The molecule has 0 radical (unpaired) electrons. The van der Waals surface area contributed by atoms with Gasteiger partial charge in [0, 0.05) is 10.6 Å². The SMILES string of the molecule is Cc1n[nH]c(C)c1NC(=O)Cc1c(F)cccc1Cl. The van der Waals surface area contributed by atoms with Gasteiger partial charge < -0.3 is 5.32 Å². The van der Waals surface area contributed by atoms with Crippen LogP contribution in [-0.4, -0.2) is 16.1 Å². The van der Waals surface area contributed by atoms with Crippen molar-refractivity contribution in [2.24, 2.45) is 0 Å². The van der Waals surface area contributed by atoms with Gasteiger partial charge in [-0.05, 0) is 26.0 Å². The number of nitrogens with one attached hydrogen (secondary N) is 2. The number of aromatic amines is 1. The molecule has 0 saturated heterocycles. The van der Waals surface area contributed by atoms with Crippen molar-refractivity contribution in [2.75, 3.05) is 5.32 Å². The van der Waals surface area contributed by atoms with Gasteiger partial charge in [0.05, 0.1) is 23.5 Å². The molecule has 4 nitrogen and oxygen atoms in total. The molecule has 6 heteroatoms. The van der Waals surface area contributed by atoms with Crippen LogP contribution in [0.5, 0.6) is 0 Å². The van der Waals surface area contributed by atoms with Crippen LogP contribution in [0, 0.1) is 19.7 Å². The minimum absolute atomic E-state index is 0.116. The maximum absolute atomic E-state index is 13.6. The number of anilines is 1. The highest BCUT2D eigenvalue weighted by Gasteiger charge is 2.14. The van der Waals surface area contributed by atoms with Gasteiger partial charge in [-0.3, -0.25) is 9.89 Å². The monoisotopic (exact) mass is 281 g/mol. The van der Waals surface area contributed by atoms with Gasteiger partial charge in [0.15, 0.2) is 0 Å². The number of hydrogen-bond donors (Lipinski definition) is 2. The van der Waals surface area contributed by atoms with Crippen LogP contribution in [0.1, 0.15) is 17.0 Å². The molecule has 0 bridgehead atoms. The van der Waals surface area contributed by atoms with E-state index in [0.717, 1.165) is 5.69 Å². The van der Waals surface area contributed by atoms with Gasteiger partial charge in [-0.2, -0.15) is 5.10 Å². The molecule has 0 aliphatic carbocycles. The Hall–Kier alpha value is -1.88. The van der Waals surface area contributed by atoms with E-state index in [2.05, 4.69) is 15.5 Å². The van der Waals surface area contributed by atoms with Crippen molar-refractivity contribution < 1.29 is 9.18 Å². The van der Waals surface area contributed by atoms with Gasteiger partial charge in [-0.25, -0.2) is 4.39 Å². The Morgan fingerprint density at radius 1 is 1.47 bits per heavy atom. The summed E-state index contributed by atoms with van der Waals surface area (Å²) in [5.74, 6) is -0.817. The molecule has 2 aromatic rings. The fourth-order valence-corrected chi connectivity index (χ4v) is 2.01. The van der Waals surface area contributed by atoms with Crippen LogP contribution in [-0.2, 0) is 11.2 Å². The Balaban J connectivity index is 2.14. The van der Waals surface area contributed by atoms with Gasteiger partial charge in [-0.1, -0.05) is 17.7 Å². The predicted octanol–water partition coefficient (Wildman–Crippen LogP) is 3.00. The molecule has 19 heavy (non-hydrogen) atoms. The summed E-state index contributed by atoms with van der Waals surface area (Å²) in [4.78, 5) is 11.9. The number of carbonyl (C=O) groups is 1. The van der Waals surface area contributed by atoms with Crippen molar-refractivity contribution in [1.29, 1.82) is 0 Å². The smallest absolute Gasteiger partial charge is 0.229 e. The summed E-state index contributed by atoms with van der Waals surface area (Å²) < 4.78 is 13.6. The maximum Gasteiger partial charge on any atom is 0.229 e. The van der Waals surface area contributed by atoms with E-state index >= 15 is 0 Å². The standard InChI is InChI=1S/C13H13ClFN3O/c1-7-13(8(2)18-17-7)16-12(19)6-9-10(14)4-3-5-11(9)15/h3-5H,6H2,1-2H3,(H,16,19)(H,17,18). The Kier molecular flexibility index (Phi) is 3.85. The van der Waals surface area contributed by atoms with Crippen LogP contribution in [0.25, 0.3) is 0 Å². The zero-order valence-electron chi connectivity index (χ0n) is 10.6. The average Bonchev–Trinajstić information content (AvgIpc) is 2.66. The van der Waals surface area contributed by atoms with Crippen molar-refractivity contribution in [3.63, 3.8) is 0 Å². The second-order valence-electron chi connectivity index (χ2n) is 4.23. The Labute approximate surface area is 115 Å². The first kappa shape index (κ1) is 13.5. The zero-order chi connectivity index (χ0) is 14.0. The van der Waals surface area contributed by atoms with E-state index < -0.39 is 5.82 Å². The van der Waals surface area contributed by atoms with Crippen molar-refractivity contribution in [1.82, 2.24) is 10.2 Å². The Morgan fingerprint density at radius 2 is 2.21 bits per heavy atom. The Bertz CT molecular complexity index is 585. The molecule has 2 N–H and O–H groups in total. The molecule has 0 spiro atoms. The van der Waals surface area contributed by atoms with Gasteiger partial charge in [-0.15, -0.1) is 0 Å². The van der Waals surface area contributed by atoms with E-state index in [1.165, 1.54) is 12.1 Å². The molecule has 1 aromatic heterocycles. The maximum atomic E-state index is 13.6. The Morgan fingerprint density at radius 3 is 2.79 bits per heavy atom. The number of H-pyrrole nitrogens is 1. The number of amides is 1. The largest absolute Gasteiger partial charge is 0.323 e. The van der Waals surface area contributed by atoms with Crippen molar-refractivity contribution >= 4 is 23.2 Å². The van der Waals surface area contributed by atoms with Crippen LogP contribution in [0.4, 0.5) is 10.1 Å². The van der Waals surface area contributed by atoms with E-state index in [9.17, 15) is 9.18 Å². The molecule has 2 rings (SSSR count). The molecule has 0 aliphatic rings. The number of rotatable bonds is 3. The minimum atomic E-state index is -0.483. The summed E-state index contributed by atoms with van der Waals surface area (Å²) in [6.07, 6.45) is -0.116. The van der Waals surface area contributed by atoms with Crippen LogP contribution in [0.2, 0.25) is 5.02 Å². The number of aryl methyl sites for hydroxylation is 2. The lowest BCUT2D eigenvalue weighted by Gasteiger charge is -2.07. The summed E-state index contributed by atoms with van der Waals surface area (Å²) >= 11 is 5.88. The lowest BCUT2D eigenvalue weighted by molar-refractivity contribution is -0.115. The van der Waals surface area contributed by atoms with E-state index in [4.69, 9.17) is 11.6 Å². The van der Waals surface area contributed by atoms with E-state index in [1.807, 2.05) is 0 Å². The lowest BCUT2D eigenvalue weighted by Crippen LogP contribution is -2.16. The van der Waals surface area contributed by atoms with Crippen LogP contribution >= 0.6 is 11.6 Å². The van der Waals surface area contributed by atoms with Gasteiger partial charge in [0.2, 0.25) is 5.91 Å².